The van der Waals surface area contributed by atoms with E-state index in [0.29, 0.717) is 10.9 Å². The van der Waals surface area contributed by atoms with Crippen molar-refractivity contribution in [3.63, 3.8) is 0 Å². The fourth-order valence-electron chi connectivity index (χ4n) is 1.13. The predicted octanol–water partition coefficient (Wildman–Crippen LogP) is -0.117. The molecule has 5 nitrogen and oxygen atoms in total. The summed E-state index contributed by atoms with van der Waals surface area (Å²) in [6.45, 7) is 2.00. The van der Waals surface area contributed by atoms with E-state index in [9.17, 15) is 5.11 Å². The minimum atomic E-state index is 0.106. The maximum atomic E-state index is 9.41. The van der Waals surface area contributed by atoms with Crippen LogP contribution in [0.2, 0.25) is 0 Å². The van der Waals surface area contributed by atoms with E-state index in [1.54, 1.807) is 24.4 Å². The van der Waals surface area contributed by atoms with E-state index in [1.807, 2.05) is 6.92 Å². The number of phenolic OH excluding ortho intramolecular Hbond substituents is 1. The van der Waals surface area contributed by atoms with Crippen LogP contribution in [0, 0.1) is 0 Å². The van der Waals surface area contributed by atoms with Gasteiger partial charge in [-0.2, -0.15) is 0 Å². The summed E-state index contributed by atoms with van der Waals surface area (Å²) in [4.78, 5) is 0. The minimum absolute atomic E-state index is 0.106. The van der Waals surface area contributed by atoms with Crippen LogP contribution in [-0.2, 0) is 0 Å². The van der Waals surface area contributed by atoms with Gasteiger partial charge < -0.3 is 15.6 Å². The average molecular weight is 254 g/mol. The zero-order valence-corrected chi connectivity index (χ0v) is 10.6. The molecule has 6 heteroatoms. The highest BCUT2D eigenvalue weighted by Crippen LogP contribution is 2.25. The molecule has 0 aliphatic rings. The second kappa shape index (κ2) is 6.80. The summed E-state index contributed by atoms with van der Waals surface area (Å²) in [7, 11) is 1.50. The number of nitrogens with one attached hydrogen (secondary N) is 1. The van der Waals surface area contributed by atoms with Gasteiger partial charge in [0.25, 0.3) is 0 Å². The molecule has 0 heterocycles. The van der Waals surface area contributed by atoms with Crippen LogP contribution >= 0.6 is 11.8 Å². The SMILES string of the molecule is CCSC(N)=N/[NH+]=C/c1ccc(O)c(OC)c1. The first-order chi connectivity index (χ1) is 8.17. The van der Waals surface area contributed by atoms with E-state index < -0.39 is 0 Å². The van der Waals surface area contributed by atoms with Gasteiger partial charge in [0, 0.05) is 10.7 Å². The Morgan fingerprint density at radius 1 is 1.65 bits per heavy atom. The second-order valence-electron chi connectivity index (χ2n) is 3.09. The van der Waals surface area contributed by atoms with Crippen LogP contribution in [0.15, 0.2) is 23.3 Å². The molecule has 0 saturated heterocycles. The Bertz CT molecular complexity index is 433. The van der Waals surface area contributed by atoms with Crippen LogP contribution in [0.1, 0.15) is 12.5 Å². The van der Waals surface area contributed by atoms with E-state index >= 15 is 0 Å². The normalized spacial score (nSPS) is 12.0. The molecule has 0 radical (unpaired) electrons. The number of benzene rings is 1. The molecule has 92 valence electrons. The van der Waals surface area contributed by atoms with Crippen LogP contribution in [-0.4, -0.2) is 29.4 Å². The van der Waals surface area contributed by atoms with E-state index in [4.69, 9.17) is 10.5 Å². The van der Waals surface area contributed by atoms with Crippen molar-refractivity contribution in [2.45, 2.75) is 6.92 Å². The monoisotopic (exact) mass is 254 g/mol. The lowest BCUT2D eigenvalue weighted by atomic mass is 10.2. The standard InChI is InChI=1S/C11H15N3O2S/c1-3-17-11(12)14-13-7-8-4-5-9(15)10(6-8)16-2/h4-7,15H,3H2,1-2H3,(H2,12,14)/p+1/b13-7+. The van der Waals surface area contributed by atoms with Gasteiger partial charge in [0.1, 0.15) is 0 Å². The number of hydrogen-bond acceptors (Lipinski definition) is 4. The number of rotatable bonds is 4. The molecule has 0 aliphatic carbocycles. The number of ether oxygens (including phenoxy) is 1. The van der Waals surface area contributed by atoms with E-state index in [1.165, 1.54) is 18.9 Å². The zero-order valence-electron chi connectivity index (χ0n) is 9.80. The molecule has 0 saturated carbocycles. The van der Waals surface area contributed by atoms with Gasteiger partial charge in [-0.25, -0.2) is 0 Å². The molecule has 4 N–H and O–H groups in total. The fraction of sp³-hybridized carbons (Fsp3) is 0.273. The van der Waals surface area contributed by atoms with E-state index in [-0.39, 0.29) is 5.75 Å². The van der Waals surface area contributed by atoms with Gasteiger partial charge in [0.15, 0.2) is 11.5 Å². The number of nitrogens with zero attached hydrogens (tertiary/aromatic N) is 1. The third-order valence-corrected chi connectivity index (χ3v) is 2.58. The molecule has 0 atom stereocenters. The molecule has 0 spiro atoms. The van der Waals surface area contributed by atoms with Crippen molar-refractivity contribution in [2.24, 2.45) is 10.8 Å². The Morgan fingerprint density at radius 3 is 3.06 bits per heavy atom. The topological polar surface area (TPSA) is 81.8 Å². The lowest BCUT2D eigenvalue weighted by molar-refractivity contribution is -0.456. The van der Waals surface area contributed by atoms with Crippen molar-refractivity contribution in [3.05, 3.63) is 23.8 Å². The molecule has 1 aromatic carbocycles. The highest BCUT2D eigenvalue weighted by molar-refractivity contribution is 8.13. The molecule has 1 aromatic rings. The van der Waals surface area contributed by atoms with Crippen molar-refractivity contribution >= 4 is 23.1 Å². The molecule has 0 aromatic heterocycles. The Kier molecular flexibility index (Phi) is 5.35. The molecular weight excluding hydrogens is 238 g/mol. The van der Waals surface area contributed by atoms with Crippen LogP contribution < -0.4 is 15.6 Å². The zero-order chi connectivity index (χ0) is 12.7. The summed E-state index contributed by atoms with van der Waals surface area (Å²) in [6.07, 6.45) is 1.67. The lowest BCUT2D eigenvalue weighted by Crippen LogP contribution is -2.62. The molecule has 0 fully saturated rings. The fourth-order valence-corrected chi connectivity index (χ4v) is 1.55. The third kappa shape index (κ3) is 4.36. The Balaban J connectivity index is 2.75. The maximum Gasteiger partial charge on any atom is 0.225 e. The van der Waals surface area contributed by atoms with Crippen LogP contribution in [0.25, 0.3) is 0 Å². The number of aromatic hydroxyl groups is 1. The lowest BCUT2D eigenvalue weighted by Gasteiger charge is -2.01. The molecule has 0 unspecified atom stereocenters. The van der Waals surface area contributed by atoms with Gasteiger partial charge >= 0.3 is 0 Å². The van der Waals surface area contributed by atoms with Crippen LogP contribution in [0.5, 0.6) is 11.5 Å². The number of phenols is 1. The maximum absolute atomic E-state index is 9.41. The van der Waals surface area contributed by atoms with Crippen LogP contribution in [0.4, 0.5) is 0 Å². The second-order valence-corrected chi connectivity index (χ2v) is 4.37. The summed E-state index contributed by atoms with van der Waals surface area (Å²) in [5.41, 5.74) is 6.43. The summed E-state index contributed by atoms with van der Waals surface area (Å²) >= 11 is 1.46. The molecule has 0 aliphatic heterocycles. The highest BCUT2D eigenvalue weighted by atomic mass is 32.2. The Morgan fingerprint density at radius 2 is 2.41 bits per heavy atom. The average Bonchev–Trinajstić information content (AvgIpc) is 2.31. The van der Waals surface area contributed by atoms with Crippen molar-refractivity contribution in [2.75, 3.05) is 12.9 Å². The van der Waals surface area contributed by atoms with Crippen molar-refractivity contribution in [3.8, 4) is 11.5 Å². The molecule has 0 bridgehead atoms. The van der Waals surface area contributed by atoms with Gasteiger partial charge in [-0.3, -0.25) is 0 Å². The number of hydrazone groups is 1. The number of amidine groups is 1. The Labute approximate surface area is 104 Å². The van der Waals surface area contributed by atoms with Crippen molar-refractivity contribution in [1.82, 2.24) is 0 Å². The van der Waals surface area contributed by atoms with Crippen molar-refractivity contribution < 1.29 is 14.9 Å². The summed E-state index contributed by atoms with van der Waals surface area (Å²) in [5, 5.41) is 16.6. The summed E-state index contributed by atoms with van der Waals surface area (Å²) in [6, 6.07) is 4.99. The quantitative estimate of drug-likeness (QED) is 0.397. The largest absolute Gasteiger partial charge is 0.504 e. The predicted molar refractivity (Wildman–Crippen MR) is 70.5 cm³/mol. The minimum Gasteiger partial charge on any atom is -0.504 e. The molecule has 0 amide bonds. The molecule has 17 heavy (non-hydrogen) atoms. The van der Waals surface area contributed by atoms with E-state index in [0.717, 1.165) is 11.3 Å². The first-order valence-electron chi connectivity index (χ1n) is 5.09. The van der Waals surface area contributed by atoms with E-state index in [2.05, 4.69) is 10.2 Å². The number of thioether (sulfide) groups is 1. The Hall–Kier alpha value is -1.69. The highest BCUT2D eigenvalue weighted by Gasteiger charge is 2.02. The smallest absolute Gasteiger partial charge is 0.225 e. The number of nitrogens with two attached hydrogens (primary N) is 1. The first-order valence-corrected chi connectivity index (χ1v) is 6.07. The van der Waals surface area contributed by atoms with Gasteiger partial charge in [-0.15, -0.1) is 5.10 Å². The summed E-state index contributed by atoms with van der Waals surface area (Å²) < 4.78 is 4.99. The van der Waals surface area contributed by atoms with Crippen molar-refractivity contribution in [1.29, 1.82) is 0 Å². The first kappa shape index (κ1) is 13.4. The number of methoxy groups -OCH3 is 1. The molecular formula is C11H16N3O2S+. The third-order valence-electron chi connectivity index (χ3n) is 1.90. The molecule has 1 rings (SSSR count). The van der Waals surface area contributed by atoms with Gasteiger partial charge in [-0.1, -0.05) is 18.7 Å². The van der Waals surface area contributed by atoms with Gasteiger partial charge in [-0.05, 0) is 24.0 Å². The summed E-state index contributed by atoms with van der Waals surface area (Å²) in [5.74, 6) is 1.40. The van der Waals surface area contributed by atoms with Crippen LogP contribution in [0.3, 0.4) is 0 Å². The van der Waals surface area contributed by atoms with Gasteiger partial charge in [0.2, 0.25) is 11.4 Å². The number of hydrogen-bond donors (Lipinski definition) is 3. The van der Waals surface area contributed by atoms with Gasteiger partial charge in [0.05, 0.1) is 7.11 Å².